The summed E-state index contributed by atoms with van der Waals surface area (Å²) in [5, 5.41) is 8.25. The lowest BCUT2D eigenvalue weighted by Gasteiger charge is -2.11. The fraction of sp³-hybridized carbons (Fsp3) is 0.429. The molecule has 0 radical (unpaired) electrons. The molecule has 0 bridgehead atoms. The molecule has 0 spiro atoms. The van der Waals surface area contributed by atoms with Gasteiger partial charge in [-0.25, -0.2) is 0 Å². The van der Waals surface area contributed by atoms with E-state index >= 15 is 0 Å². The van der Waals surface area contributed by atoms with Gasteiger partial charge >= 0.3 is 0 Å². The van der Waals surface area contributed by atoms with Crippen LogP contribution in [-0.2, 0) is 0 Å². The van der Waals surface area contributed by atoms with Crippen LogP contribution in [-0.4, -0.2) is 23.9 Å². The number of hydrogen-bond donors (Lipinski definition) is 1. The summed E-state index contributed by atoms with van der Waals surface area (Å²) in [7, 11) is 1.65. The largest absolute Gasteiger partial charge is 0.497 e. The van der Waals surface area contributed by atoms with E-state index in [9.17, 15) is 0 Å². The van der Waals surface area contributed by atoms with Crippen molar-refractivity contribution in [1.82, 2.24) is 10.2 Å². The van der Waals surface area contributed by atoms with Crippen molar-refractivity contribution in [3.05, 3.63) is 41.6 Å². The lowest BCUT2D eigenvalue weighted by atomic mass is 9.99. The summed E-state index contributed by atoms with van der Waals surface area (Å²) in [6.45, 7) is 0.443. The molecule has 1 aromatic carbocycles. The lowest BCUT2D eigenvalue weighted by molar-refractivity contribution is 0.413. The SMILES string of the molecule is COc1ccc(C(CN)c2nnc(C3CC3)o2)cc1. The van der Waals surface area contributed by atoms with Crippen LogP contribution < -0.4 is 10.5 Å². The molecule has 2 aromatic rings. The van der Waals surface area contributed by atoms with Crippen LogP contribution in [0.15, 0.2) is 28.7 Å². The first-order valence-electron chi connectivity index (χ1n) is 6.49. The maximum absolute atomic E-state index is 5.85. The number of hydrogen-bond acceptors (Lipinski definition) is 5. The number of ether oxygens (including phenoxy) is 1. The molecule has 1 unspecified atom stereocenters. The Morgan fingerprint density at radius 3 is 2.63 bits per heavy atom. The van der Waals surface area contributed by atoms with Gasteiger partial charge in [-0.15, -0.1) is 10.2 Å². The second kappa shape index (κ2) is 5.01. The zero-order chi connectivity index (χ0) is 13.2. The number of rotatable bonds is 5. The molecule has 1 saturated carbocycles. The van der Waals surface area contributed by atoms with Crippen molar-refractivity contribution in [3.63, 3.8) is 0 Å². The second-order valence-corrected chi connectivity index (χ2v) is 4.81. The molecule has 1 aromatic heterocycles. The Labute approximate surface area is 111 Å². The smallest absolute Gasteiger partial charge is 0.225 e. The summed E-state index contributed by atoms with van der Waals surface area (Å²) in [6, 6.07) is 7.79. The van der Waals surface area contributed by atoms with Crippen molar-refractivity contribution in [2.24, 2.45) is 5.73 Å². The average molecular weight is 259 g/mol. The summed E-state index contributed by atoms with van der Waals surface area (Å²) in [6.07, 6.45) is 2.30. The van der Waals surface area contributed by atoms with Crippen LogP contribution >= 0.6 is 0 Å². The normalized spacial score (nSPS) is 16.3. The first-order valence-corrected chi connectivity index (χ1v) is 6.49. The van der Waals surface area contributed by atoms with Crippen LogP contribution in [0.25, 0.3) is 0 Å². The highest BCUT2D eigenvalue weighted by atomic mass is 16.5. The lowest BCUT2D eigenvalue weighted by Crippen LogP contribution is -2.14. The minimum absolute atomic E-state index is 0.0501. The van der Waals surface area contributed by atoms with Crippen molar-refractivity contribution < 1.29 is 9.15 Å². The van der Waals surface area contributed by atoms with Crippen LogP contribution in [0.5, 0.6) is 5.75 Å². The topological polar surface area (TPSA) is 74.2 Å². The first kappa shape index (κ1) is 12.2. The van der Waals surface area contributed by atoms with E-state index in [1.54, 1.807) is 7.11 Å². The molecule has 100 valence electrons. The van der Waals surface area contributed by atoms with Gasteiger partial charge in [0.15, 0.2) is 0 Å². The van der Waals surface area contributed by atoms with Crippen molar-refractivity contribution in [3.8, 4) is 5.75 Å². The van der Waals surface area contributed by atoms with E-state index in [0.717, 1.165) is 30.0 Å². The zero-order valence-electron chi connectivity index (χ0n) is 10.9. The number of methoxy groups -OCH3 is 1. The van der Waals surface area contributed by atoms with E-state index in [1.165, 1.54) is 0 Å². The van der Waals surface area contributed by atoms with Crippen LogP contribution in [0, 0.1) is 0 Å². The highest BCUT2D eigenvalue weighted by Crippen LogP contribution is 2.39. The van der Waals surface area contributed by atoms with Crippen molar-refractivity contribution >= 4 is 0 Å². The molecule has 1 heterocycles. The molecule has 2 N–H and O–H groups in total. The van der Waals surface area contributed by atoms with Crippen LogP contribution in [0.3, 0.4) is 0 Å². The summed E-state index contributed by atoms with van der Waals surface area (Å²) in [4.78, 5) is 0. The Bertz CT molecular complexity index is 546. The van der Waals surface area contributed by atoms with Gasteiger partial charge in [0, 0.05) is 12.5 Å². The Hall–Kier alpha value is -1.88. The summed E-state index contributed by atoms with van der Waals surface area (Å²) < 4.78 is 10.9. The van der Waals surface area contributed by atoms with Gasteiger partial charge in [-0.3, -0.25) is 0 Å². The van der Waals surface area contributed by atoms with E-state index in [4.69, 9.17) is 14.9 Å². The maximum atomic E-state index is 5.85. The molecule has 0 aliphatic heterocycles. The standard InChI is InChI=1S/C14H17N3O2/c1-18-11-6-4-9(5-7-11)12(8-15)14-17-16-13(19-14)10-2-3-10/h4-7,10,12H,2-3,8,15H2,1H3. The predicted octanol–water partition coefficient (Wildman–Crippen LogP) is 2.05. The van der Waals surface area contributed by atoms with Gasteiger partial charge in [-0.2, -0.15) is 0 Å². The highest BCUT2D eigenvalue weighted by Gasteiger charge is 2.30. The molecular weight excluding hydrogens is 242 g/mol. The van der Waals surface area contributed by atoms with Gasteiger partial charge in [0.25, 0.3) is 0 Å². The summed E-state index contributed by atoms with van der Waals surface area (Å²) >= 11 is 0. The maximum Gasteiger partial charge on any atom is 0.225 e. The van der Waals surface area contributed by atoms with Crippen LogP contribution in [0.2, 0.25) is 0 Å². The molecule has 1 aliphatic rings. The van der Waals surface area contributed by atoms with E-state index < -0.39 is 0 Å². The fourth-order valence-electron chi connectivity index (χ4n) is 2.10. The highest BCUT2D eigenvalue weighted by molar-refractivity contribution is 5.32. The summed E-state index contributed by atoms with van der Waals surface area (Å²) in [5.74, 6) is 2.60. The van der Waals surface area contributed by atoms with Gasteiger partial charge in [0.2, 0.25) is 11.8 Å². The van der Waals surface area contributed by atoms with Crippen molar-refractivity contribution in [2.45, 2.75) is 24.7 Å². The van der Waals surface area contributed by atoms with Gasteiger partial charge in [0.1, 0.15) is 5.75 Å². The number of nitrogens with two attached hydrogens (primary N) is 1. The third-order valence-electron chi connectivity index (χ3n) is 3.43. The molecule has 0 saturated heterocycles. The third-order valence-corrected chi connectivity index (χ3v) is 3.43. The van der Waals surface area contributed by atoms with Gasteiger partial charge in [0.05, 0.1) is 13.0 Å². The Kier molecular flexibility index (Phi) is 3.21. The average Bonchev–Trinajstić information content (AvgIpc) is 3.20. The van der Waals surface area contributed by atoms with Gasteiger partial charge < -0.3 is 14.9 Å². The Morgan fingerprint density at radius 1 is 1.32 bits per heavy atom. The Balaban J connectivity index is 1.84. The Morgan fingerprint density at radius 2 is 2.05 bits per heavy atom. The van der Waals surface area contributed by atoms with E-state index in [-0.39, 0.29) is 5.92 Å². The molecule has 1 fully saturated rings. The number of aromatic nitrogens is 2. The molecule has 5 nitrogen and oxygen atoms in total. The number of benzene rings is 1. The van der Waals surface area contributed by atoms with E-state index in [2.05, 4.69) is 10.2 Å². The van der Waals surface area contributed by atoms with E-state index in [0.29, 0.717) is 18.4 Å². The van der Waals surface area contributed by atoms with Crippen LogP contribution in [0.4, 0.5) is 0 Å². The van der Waals surface area contributed by atoms with Gasteiger partial charge in [-0.1, -0.05) is 12.1 Å². The first-order chi connectivity index (χ1) is 9.31. The monoisotopic (exact) mass is 259 g/mol. The second-order valence-electron chi connectivity index (χ2n) is 4.81. The molecule has 1 atom stereocenters. The molecule has 1 aliphatic carbocycles. The molecule has 0 amide bonds. The molecular formula is C14H17N3O2. The molecule has 3 rings (SSSR count). The minimum atomic E-state index is -0.0501. The minimum Gasteiger partial charge on any atom is -0.497 e. The van der Waals surface area contributed by atoms with E-state index in [1.807, 2.05) is 24.3 Å². The fourth-order valence-corrected chi connectivity index (χ4v) is 2.10. The van der Waals surface area contributed by atoms with Crippen molar-refractivity contribution in [2.75, 3.05) is 13.7 Å². The third kappa shape index (κ3) is 2.46. The quantitative estimate of drug-likeness (QED) is 0.889. The van der Waals surface area contributed by atoms with Gasteiger partial charge in [-0.05, 0) is 30.5 Å². The molecule has 5 heteroatoms. The number of nitrogens with zero attached hydrogens (tertiary/aromatic N) is 2. The van der Waals surface area contributed by atoms with Crippen molar-refractivity contribution in [1.29, 1.82) is 0 Å². The molecule has 19 heavy (non-hydrogen) atoms. The van der Waals surface area contributed by atoms with Crippen LogP contribution in [0.1, 0.15) is 42.0 Å². The summed E-state index contributed by atoms with van der Waals surface area (Å²) in [5.41, 5.74) is 6.91. The zero-order valence-corrected chi connectivity index (χ0v) is 10.9. The predicted molar refractivity (Wildman–Crippen MR) is 70.2 cm³/mol.